The standard InChI is InChI=1S/C14H19NO4.2C11H21NO4.C10H17NO4.C10H19NO4.C8H14O4/c1-14(2,3)19-13(18)15-11(12(16)17)9-10-7-5-4-6-8-10;1-7(2)6-8(9(13)14)12-10(15)16-11(3,4)5;1-6-7(2)8(9(13)14)12-10(15)16-11(3,4)5;1-10(2,3)15-9(14)11-6-4-5-7(11)8(12)13;1-6(2)7(8(12)13)11-9(14)15-10(3,4)5;1-8(2,3)12-7(11)5-4-6(9)10/h4-8,11H,9H2,1-3H3,(H,15,18)(H,16,17);2*7-8H,6H2,1-5H3,(H,12,15)(H,13,14);7H,4-6H2,1-3H3,(H,12,13);6-7H,1-5H3,(H,11,14)(H,12,13);4-5H2,1-3H3,(H,9,10)/t11-;8-;7?,8-;2*7-;/m00000./s1. The van der Waals surface area contributed by atoms with Gasteiger partial charge in [-0.15, -0.1) is 0 Å². The molecule has 536 valence electrons. The molecule has 1 fully saturated rings. The molecule has 0 spiro atoms. The van der Waals surface area contributed by atoms with Crippen LogP contribution in [0.4, 0.5) is 24.0 Å². The summed E-state index contributed by atoms with van der Waals surface area (Å²) >= 11 is 0. The zero-order valence-electron chi connectivity index (χ0n) is 59.1. The lowest BCUT2D eigenvalue weighted by molar-refractivity contribution is -0.157. The normalized spacial score (nSPS) is 14.5. The van der Waals surface area contributed by atoms with Gasteiger partial charge in [0.1, 0.15) is 63.8 Å². The lowest BCUT2D eigenvalue weighted by Crippen LogP contribution is -2.46. The minimum atomic E-state index is -1.09. The number of hydrogen-bond donors (Lipinski definition) is 10. The van der Waals surface area contributed by atoms with Crippen LogP contribution in [0.1, 0.15) is 210 Å². The summed E-state index contributed by atoms with van der Waals surface area (Å²) in [7, 11) is 0. The summed E-state index contributed by atoms with van der Waals surface area (Å²) in [5.41, 5.74) is -2.79. The first-order chi connectivity index (χ1) is 41.8. The Labute approximate surface area is 548 Å². The van der Waals surface area contributed by atoms with Crippen LogP contribution in [0, 0.1) is 17.8 Å². The highest BCUT2D eigenvalue weighted by molar-refractivity contribution is 5.83. The molecule has 2 rings (SSSR count). The van der Waals surface area contributed by atoms with Crippen molar-refractivity contribution in [2.24, 2.45) is 17.8 Å². The summed E-state index contributed by atoms with van der Waals surface area (Å²) in [4.78, 5) is 134. The maximum atomic E-state index is 11.6. The first-order valence-corrected chi connectivity index (χ1v) is 30.4. The smallest absolute Gasteiger partial charge is 0.411 e. The van der Waals surface area contributed by atoms with Crippen molar-refractivity contribution < 1.29 is 117 Å². The van der Waals surface area contributed by atoms with Crippen LogP contribution in [0.15, 0.2) is 30.3 Å². The van der Waals surface area contributed by atoms with Crippen molar-refractivity contribution in [2.75, 3.05) is 6.54 Å². The van der Waals surface area contributed by atoms with E-state index in [1.807, 2.05) is 51.1 Å². The van der Waals surface area contributed by atoms with Gasteiger partial charge in [0.05, 0.1) is 12.8 Å². The number of carbonyl (C=O) groups is 12. The van der Waals surface area contributed by atoms with Crippen LogP contribution < -0.4 is 21.3 Å². The molecule has 1 aliphatic heterocycles. The van der Waals surface area contributed by atoms with E-state index in [4.69, 9.17) is 59.1 Å². The van der Waals surface area contributed by atoms with Gasteiger partial charge in [-0.25, -0.2) is 47.9 Å². The van der Waals surface area contributed by atoms with E-state index in [0.29, 0.717) is 25.8 Å². The number of carboxylic acids is 6. The number of aliphatic carboxylic acids is 6. The number of nitrogens with one attached hydrogen (secondary N) is 4. The molecule has 1 aromatic rings. The molecule has 1 heterocycles. The average molecular weight is 1330 g/mol. The third-order valence-corrected chi connectivity index (χ3v) is 10.9. The third-order valence-electron chi connectivity index (χ3n) is 10.9. The highest BCUT2D eigenvalue weighted by Crippen LogP contribution is 2.21. The predicted octanol–water partition coefficient (Wildman–Crippen LogP) is 10.5. The summed E-state index contributed by atoms with van der Waals surface area (Å²) in [6.45, 7) is 42.5. The Kier molecular flexibility index (Phi) is 41.4. The maximum Gasteiger partial charge on any atom is 0.411 e. The van der Waals surface area contributed by atoms with Crippen molar-refractivity contribution in [3.63, 3.8) is 0 Å². The fourth-order valence-electron chi connectivity index (χ4n) is 6.87. The summed E-state index contributed by atoms with van der Waals surface area (Å²) in [6, 6.07) is 4.68. The Balaban J connectivity index is -0.000000514. The van der Waals surface area contributed by atoms with Crippen molar-refractivity contribution in [1.29, 1.82) is 0 Å². The van der Waals surface area contributed by atoms with E-state index in [2.05, 4.69) is 21.3 Å². The molecule has 0 saturated carbocycles. The molecule has 0 bridgehead atoms. The highest BCUT2D eigenvalue weighted by atomic mass is 16.6. The summed E-state index contributed by atoms with van der Waals surface area (Å²) < 4.78 is 30.0. The van der Waals surface area contributed by atoms with Crippen molar-refractivity contribution in [3.8, 4) is 0 Å². The molecular weight excluding hydrogens is 1220 g/mol. The second kappa shape index (κ2) is 42.2. The Morgan fingerprint density at radius 2 is 0.849 bits per heavy atom. The predicted molar refractivity (Wildman–Crippen MR) is 343 cm³/mol. The topological polar surface area (TPSA) is 433 Å². The van der Waals surface area contributed by atoms with Gasteiger partial charge < -0.3 is 80.3 Å². The lowest BCUT2D eigenvalue weighted by Gasteiger charge is -2.26. The number of nitrogens with zero attached hydrogens (tertiary/aromatic N) is 1. The van der Waals surface area contributed by atoms with Gasteiger partial charge in [0.25, 0.3) is 0 Å². The molecule has 0 radical (unpaired) electrons. The van der Waals surface area contributed by atoms with Gasteiger partial charge in [0.15, 0.2) is 0 Å². The molecule has 5 amide bonds. The van der Waals surface area contributed by atoms with Crippen molar-refractivity contribution in [3.05, 3.63) is 35.9 Å². The maximum absolute atomic E-state index is 11.6. The third kappa shape index (κ3) is 53.1. The van der Waals surface area contributed by atoms with Gasteiger partial charge in [0, 0.05) is 13.0 Å². The number of benzene rings is 1. The Hall–Kier alpha value is -8.14. The fraction of sp³-hybridized carbons (Fsp3) is 0.719. The van der Waals surface area contributed by atoms with Gasteiger partial charge in [-0.2, -0.15) is 0 Å². The number of amides is 5. The monoisotopic (exact) mass is 1330 g/mol. The number of esters is 1. The molecule has 1 aromatic carbocycles. The molecular formula is C64H111N5O24. The molecule has 6 atom stereocenters. The fourth-order valence-corrected chi connectivity index (χ4v) is 6.87. The molecule has 0 aliphatic carbocycles. The Bertz CT molecular complexity index is 2500. The van der Waals surface area contributed by atoms with E-state index < -0.39 is 136 Å². The minimum Gasteiger partial charge on any atom is -0.481 e. The largest absolute Gasteiger partial charge is 0.481 e. The number of likely N-dealkylation sites (tertiary alicyclic amines) is 1. The molecule has 10 N–H and O–H groups in total. The summed E-state index contributed by atoms with van der Waals surface area (Å²) in [5.74, 6) is -6.77. The summed E-state index contributed by atoms with van der Waals surface area (Å²) in [6.07, 6.45) is -1.09. The second-order valence-electron chi connectivity index (χ2n) is 28.1. The Morgan fingerprint density at radius 3 is 1.16 bits per heavy atom. The van der Waals surface area contributed by atoms with Gasteiger partial charge in [0.2, 0.25) is 0 Å². The van der Waals surface area contributed by atoms with Crippen LogP contribution in [-0.2, 0) is 68.4 Å². The number of alkyl carbamates (subject to hydrolysis) is 4. The number of carboxylic acid groups (broad SMARTS) is 6. The Morgan fingerprint density at radius 1 is 0.484 bits per heavy atom. The van der Waals surface area contributed by atoms with Crippen LogP contribution in [0.3, 0.4) is 0 Å². The van der Waals surface area contributed by atoms with E-state index in [9.17, 15) is 57.5 Å². The molecule has 0 aromatic heterocycles. The molecule has 1 aliphatic rings. The zero-order valence-corrected chi connectivity index (χ0v) is 59.1. The van der Waals surface area contributed by atoms with Gasteiger partial charge >= 0.3 is 72.3 Å². The van der Waals surface area contributed by atoms with E-state index >= 15 is 0 Å². The van der Waals surface area contributed by atoms with E-state index in [0.717, 1.165) is 12.0 Å². The number of rotatable bonds is 19. The first-order valence-electron chi connectivity index (χ1n) is 30.4. The average Bonchev–Trinajstić information content (AvgIpc) is 1.82. The minimum absolute atomic E-state index is 0.0629. The number of ether oxygens (including phenoxy) is 6. The quantitative estimate of drug-likeness (QED) is 0.0454. The second-order valence-corrected chi connectivity index (χ2v) is 28.1. The van der Waals surface area contributed by atoms with E-state index in [-0.39, 0.29) is 37.0 Å². The molecule has 1 saturated heterocycles. The van der Waals surface area contributed by atoms with Gasteiger partial charge in [-0.1, -0.05) is 78.3 Å². The number of hydrogen-bond acceptors (Lipinski definition) is 18. The molecule has 93 heavy (non-hydrogen) atoms. The van der Waals surface area contributed by atoms with E-state index in [1.54, 1.807) is 145 Å². The summed E-state index contributed by atoms with van der Waals surface area (Å²) in [5, 5.41) is 62.3. The van der Waals surface area contributed by atoms with Crippen LogP contribution >= 0.6 is 0 Å². The van der Waals surface area contributed by atoms with Gasteiger partial charge in [-0.3, -0.25) is 14.5 Å². The zero-order chi connectivity index (χ0) is 74.0. The van der Waals surface area contributed by atoms with E-state index in [1.165, 1.54) is 4.90 Å². The van der Waals surface area contributed by atoms with Crippen molar-refractivity contribution in [1.82, 2.24) is 26.2 Å². The first kappa shape index (κ1) is 91.3. The van der Waals surface area contributed by atoms with Crippen LogP contribution in [0.5, 0.6) is 0 Å². The highest BCUT2D eigenvalue weighted by Gasteiger charge is 2.37. The van der Waals surface area contributed by atoms with Crippen molar-refractivity contribution in [2.45, 2.75) is 275 Å². The van der Waals surface area contributed by atoms with Crippen LogP contribution in [-0.4, -0.2) is 178 Å². The number of carbonyl (C=O) groups excluding carboxylic acids is 6. The SMILES string of the molecule is CC(C)(C)OC(=O)CCC(=O)O.CC(C)(C)OC(=O)N1CCC[C@H]1C(=O)O.CC(C)(C)OC(=O)N[C@@H](Cc1ccccc1)C(=O)O.CC(C)C[C@H](NC(=O)OC(C)(C)C)C(=O)O.CC(C)[C@H](NC(=O)OC(C)(C)C)C(=O)O.CCC(C)[C@H](NC(=O)OC(C)(C)C)C(=O)O. The molecule has 29 heteroatoms. The lowest BCUT2D eigenvalue weighted by atomic mass is 10.00. The van der Waals surface area contributed by atoms with Gasteiger partial charge in [-0.05, 0) is 167 Å². The van der Waals surface area contributed by atoms with Crippen LogP contribution in [0.25, 0.3) is 0 Å². The molecule has 1 unspecified atom stereocenters. The molecule has 29 nitrogen and oxygen atoms in total. The van der Waals surface area contributed by atoms with Crippen LogP contribution in [0.2, 0.25) is 0 Å². The van der Waals surface area contributed by atoms with Crippen molar-refractivity contribution >= 4 is 72.3 Å².